The van der Waals surface area contributed by atoms with Gasteiger partial charge in [0, 0.05) is 13.1 Å². The van der Waals surface area contributed by atoms with Gasteiger partial charge >= 0.3 is 0 Å². The first kappa shape index (κ1) is 8.74. The molecule has 0 N–H and O–H groups in total. The third kappa shape index (κ3) is 1.46. The summed E-state index contributed by atoms with van der Waals surface area (Å²) >= 11 is 0. The number of pyridine rings is 1. The number of hydrogen-bond donors (Lipinski definition) is 0. The van der Waals surface area contributed by atoms with Gasteiger partial charge in [0.2, 0.25) is 12.2 Å². The quantitative estimate of drug-likeness (QED) is 0.619. The van der Waals surface area contributed by atoms with Crippen LogP contribution in [0.15, 0.2) is 31.1 Å². The molecule has 2 rings (SSSR count). The summed E-state index contributed by atoms with van der Waals surface area (Å²) in [6.45, 7) is 3.98. The molecule has 0 amide bonds. The topological polar surface area (TPSA) is 42.5 Å². The van der Waals surface area contributed by atoms with Crippen LogP contribution in [0.5, 0.6) is 0 Å². The molecule has 0 aliphatic carbocycles. The highest BCUT2D eigenvalue weighted by atomic mass is 15.1. The van der Waals surface area contributed by atoms with Gasteiger partial charge in [-0.05, 0) is 18.6 Å². The van der Waals surface area contributed by atoms with Crippen LogP contribution in [0.2, 0.25) is 0 Å². The Hall–Kier alpha value is -1.84. The summed E-state index contributed by atoms with van der Waals surface area (Å²) in [6, 6.07) is 1.97. The van der Waals surface area contributed by atoms with Crippen molar-refractivity contribution in [2.75, 3.05) is 0 Å². The Morgan fingerprint density at radius 2 is 2.07 bits per heavy atom. The minimum atomic E-state index is 0.899. The van der Waals surface area contributed by atoms with Crippen molar-refractivity contribution in [3.8, 4) is 5.69 Å². The zero-order chi connectivity index (χ0) is 9.97. The van der Waals surface area contributed by atoms with Gasteiger partial charge in [-0.15, -0.1) is 0 Å². The minimum Gasteiger partial charge on any atom is -0.261 e. The predicted octanol–water partition coefficient (Wildman–Crippen LogP) is 0.765. The molecule has 4 heteroatoms. The standard InChI is InChI=1S/C10H11N4/c1-8-3-4-11-5-10(8)14-7-12-6-13-9(14)2/h3-7H,1-2H3/q+1. The molecule has 0 unspecified atom stereocenters. The fraction of sp³-hybridized carbons (Fsp3) is 0.200. The van der Waals surface area contributed by atoms with Crippen LogP contribution in [0.25, 0.3) is 5.69 Å². The average Bonchev–Trinajstić information content (AvgIpc) is 2.20. The van der Waals surface area contributed by atoms with Gasteiger partial charge in [-0.2, -0.15) is 0 Å². The van der Waals surface area contributed by atoms with Crippen LogP contribution in [0.3, 0.4) is 0 Å². The second-order valence-electron chi connectivity index (χ2n) is 3.09. The zero-order valence-electron chi connectivity index (χ0n) is 8.18. The van der Waals surface area contributed by atoms with Gasteiger partial charge in [-0.1, -0.05) is 9.97 Å². The second-order valence-corrected chi connectivity index (χ2v) is 3.09. The van der Waals surface area contributed by atoms with Crippen LogP contribution >= 0.6 is 0 Å². The number of nitrogens with zero attached hydrogens (tertiary/aromatic N) is 4. The Bertz CT molecular complexity index is 410. The van der Waals surface area contributed by atoms with Crippen molar-refractivity contribution < 1.29 is 4.57 Å². The highest BCUT2D eigenvalue weighted by Crippen LogP contribution is 2.03. The lowest BCUT2D eigenvalue weighted by Crippen LogP contribution is -2.36. The van der Waals surface area contributed by atoms with E-state index in [4.69, 9.17) is 0 Å². The molecular formula is C10H11N4+. The lowest BCUT2D eigenvalue weighted by molar-refractivity contribution is -0.610. The Morgan fingerprint density at radius 1 is 1.21 bits per heavy atom. The molecule has 0 saturated heterocycles. The Balaban J connectivity index is 2.61. The molecule has 2 heterocycles. The molecule has 2 aromatic heterocycles. The van der Waals surface area contributed by atoms with E-state index in [-0.39, 0.29) is 0 Å². The van der Waals surface area contributed by atoms with Crippen molar-refractivity contribution in [1.29, 1.82) is 0 Å². The Morgan fingerprint density at radius 3 is 2.79 bits per heavy atom. The molecule has 0 aromatic carbocycles. The van der Waals surface area contributed by atoms with Gasteiger partial charge in [-0.3, -0.25) is 4.98 Å². The molecule has 2 aromatic rings. The molecule has 0 atom stereocenters. The summed E-state index contributed by atoms with van der Waals surface area (Å²) in [5.74, 6) is 0.899. The van der Waals surface area contributed by atoms with Crippen molar-refractivity contribution in [1.82, 2.24) is 15.0 Å². The molecule has 0 saturated carbocycles. The first-order valence-corrected chi connectivity index (χ1v) is 4.38. The van der Waals surface area contributed by atoms with Crippen LogP contribution in [0.1, 0.15) is 11.4 Å². The molecule has 70 valence electrons. The van der Waals surface area contributed by atoms with Gasteiger partial charge in [0.15, 0.2) is 0 Å². The fourth-order valence-corrected chi connectivity index (χ4v) is 1.30. The van der Waals surface area contributed by atoms with E-state index in [1.807, 2.05) is 30.7 Å². The van der Waals surface area contributed by atoms with Crippen LogP contribution in [-0.4, -0.2) is 15.0 Å². The average molecular weight is 187 g/mol. The normalized spacial score (nSPS) is 10.1. The van der Waals surface area contributed by atoms with E-state index in [1.165, 1.54) is 6.33 Å². The van der Waals surface area contributed by atoms with Crippen molar-refractivity contribution in [3.63, 3.8) is 0 Å². The summed E-state index contributed by atoms with van der Waals surface area (Å²) in [5, 5.41) is 0. The third-order valence-corrected chi connectivity index (χ3v) is 2.11. The Kier molecular flexibility index (Phi) is 2.18. The van der Waals surface area contributed by atoms with Crippen molar-refractivity contribution in [3.05, 3.63) is 42.5 Å². The highest BCUT2D eigenvalue weighted by molar-refractivity contribution is 5.28. The smallest absolute Gasteiger partial charge is 0.261 e. The first-order valence-electron chi connectivity index (χ1n) is 4.38. The maximum atomic E-state index is 4.12. The molecule has 0 aliphatic rings. The maximum absolute atomic E-state index is 4.12. The van der Waals surface area contributed by atoms with Gasteiger partial charge in [-0.25, -0.2) is 4.57 Å². The summed E-state index contributed by atoms with van der Waals surface area (Å²) in [4.78, 5) is 12.2. The molecule has 14 heavy (non-hydrogen) atoms. The summed E-state index contributed by atoms with van der Waals surface area (Å²) in [6.07, 6.45) is 6.87. The first-order chi connectivity index (χ1) is 6.79. The van der Waals surface area contributed by atoms with Crippen LogP contribution in [0.4, 0.5) is 0 Å². The largest absolute Gasteiger partial charge is 0.264 e. The number of rotatable bonds is 1. The molecule has 0 spiro atoms. The molecular weight excluding hydrogens is 176 g/mol. The molecule has 0 fully saturated rings. The van der Waals surface area contributed by atoms with E-state index < -0.39 is 0 Å². The van der Waals surface area contributed by atoms with Gasteiger partial charge in [0.05, 0.1) is 6.20 Å². The van der Waals surface area contributed by atoms with E-state index in [2.05, 4.69) is 15.0 Å². The highest BCUT2D eigenvalue weighted by Gasteiger charge is 2.08. The lowest BCUT2D eigenvalue weighted by atomic mass is 10.2. The zero-order valence-corrected chi connectivity index (χ0v) is 8.18. The van der Waals surface area contributed by atoms with Crippen molar-refractivity contribution in [2.45, 2.75) is 13.8 Å². The van der Waals surface area contributed by atoms with Crippen LogP contribution in [0, 0.1) is 13.8 Å². The van der Waals surface area contributed by atoms with E-state index in [1.54, 1.807) is 12.5 Å². The molecule has 4 nitrogen and oxygen atoms in total. The SMILES string of the molecule is Cc1ccncc1-[n+]1cncnc1C. The van der Waals surface area contributed by atoms with Gasteiger partial charge in [0.1, 0.15) is 5.69 Å². The summed E-state index contributed by atoms with van der Waals surface area (Å²) in [5.41, 5.74) is 2.17. The fourth-order valence-electron chi connectivity index (χ4n) is 1.30. The second kappa shape index (κ2) is 3.49. The number of aryl methyl sites for hydroxylation is 2. The maximum Gasteiger partial charge on any atom is 0.264 e. The van der Waals surface area contributed by atoms with Gasteiger partial charge < -0.3 is 0 Å². The van der Waals surface area contributed by atoms with E-state index >= 15 is 0 Å². The van der Waals surface area contributed by atoms with E-state index in [9.17, 15) is 0 Å². The predicted molar refractivity (Wildman–Crippen MR) is 50.8 cm³/mol. The lowest BCUT2D eigenvalue weighted by Gasteiger charge is -2.03. The summed E-state index contributed by atoms with van der Waals surface area (Å²) < 4.78 is 1.92. The van der Waals surface area contributed by atoms with E-state index in [0.717, 1.165) is 17.1 Å². The van der Waals surface area contributed by atoms with Crippen molar-refractivity contribution >= 4 is 0 Å². The van der Waals surface area contributed by atoms with Crippen molar-refractivity contribution in [2.24, 2.45) is 0 Å². The van der Waals surface area contributed by atoms with Crippen LogP contribution in [-0.2, 0) is 0 Å². The van der Waals surface area contributed by atoms with E-state index in [0.29, 0.717) is 0 Å². The van der Waals surface area contributed by atoms with Crippen LogP contribution < -0.4 is 4.57 Å². The third-order valence-electron chi connectivity index (χ3n) is 2.11. The number of hydrogen-bond acceptors (Lipinski definition) is 3. The Labute approximate surface area is 82.3 Å². The molecule has 0 aliphatic heterocycles. The minimum absolute atomic E-state index is 0.899. The summed E-state index contributed by atoms with van der Waals surface area (Å²) in [7, 11) is 0. The number of aromatic nitrogens is 4. The molecule has 0 radical (unpaired) electrons. The molecule has 0 bridgehead atoms. The van der Waals surface area contributed by atoms with Gasteiger partial charge in [0.25, 0.3) is 6.33 Å². The monoisotopic (exact) mass is 187 g/mol.